The van der Waals surface area contributed by atoms with Crippen molar-refractivity contribution in [2.24, 2.45) is 23.7 Å². The lowest BCUT2D eigenvalue weighted by Crippen LogP contribution is -2.32. The number of nitrogens with zero attached hydrogens (tertiary/aromatic N) is 1. The van der Waals surface area contributed by atoms with Crippen molar-refractivity contribution in [2.75, 3.05) is 4.90 Å². The minimum atomic E-state index is -0.371. The van der Waals surface area contributed by atoms with Crippen molar-refractivity contribution < 1.29 is 14.0 Å². The van der Waals surface area contributed by atoms with Gasteiger partial charge in [0.25, 0.3) is 0 Å². The summed E-state index contributed by atoms with van der Waals surface area (Å²) in [5.74, 6) is -0.615. The highest BCUT2D eigenvalue weighted by atomic mass is 19.1. The number of amides is 2. The van der Waals surface area contributed by atoms with E-state index in [1.165, 1.54) is 29.2 Å². The van der Waals surface area contributed by atoms with E-state index in [-0.39, 0.29) is 41.3 Å². The lowest BCUT2D eigenvalue weighted by molar-refractivity contribution is -0.123. The van der Waals surface area contributed by atoms with Crippen molar-refractivity contribution in [3.63, 3.8) is 0 Å². The van der Waals surface area contributed by atoms with Crippen LogP contribution in [0.3, 0.4) is 0 Å². The van der Waals surface area contributed by atoms with Gasteiger partial charge >= 0.3 is 0 Å². The summed E-state index contributed by atoms with van der Waals surface area (Å²) < 4.78 is 12.9. The summed E-state index contributed by atoms with van der Waals surface area (Å²) in [5.41, 5.74) is 0.477. The molecule has 1 saturated heterocycles. The smallest absolute Gasteiger partial charge is 0.238 e. The molecule has 4 atom stereocenters. The Morgan fingerprint density at radius 2 is 1.47 bits per heavy atom. The molecule has 0 N–H and O–H groups in total. The van der Waals surface area contributed by atoms with Gasteiger partial charge in [0.15, 0.2) is 0 Å². The molecule has 1 saturated carbocycles. The van der Waals surface area contributed by atoms with Crippen molar-refractivity contribution >= 4 is 17.5 Å². The van der Waals surface area contributed by atoms with E-state index in [4.69, 9.17) is 0 Å². The summed E-state index contributed by atoms with van der Waals surface area (Å²) in [6.07, 6.45) is 5.04. The van der Waals surface area contributed by atoms with E-state index < -0.39 is 0 Å². The molecular weight excluding hydrogens is 245 g/mol. The number of imide groups is 1. The molecule has 3 aliphatic rings. The number of fused-ring (bicyclic) bond motifs is 5. The predicted molar refractivity (Wildman–Crippen MR) is 66.6 cm³/mol. The number of allylic oxidation sites excluding steroid dienone is 2. The Balaban J connectivity index is 1.74. The minimum Gasteiger partial charge on any atom is -0.274 e. The Hall–Kier alpha value is -1.97. The van der Waals surface area contributed by atoms with Crippen LogP contribution in [0, 0.1) is 29.5 Å². The van der Waals surface area contributed by atoms with Gasteiger partial charge < -0.3 is 0 Å². The number of carbonyl (C=O) groups is 2. The molecule has 3 nitrogen and oxygen atoms in total. The van der Waals surface area contributed by atoms with Gasteiger partial charge in [-0.2, -0.15) is 0 Å². The minimum absolute atomic E-state index is 0.126. The molecule has 4 heteroatoms. The maximum atomic E-state index is 12.9. The van der Waals surface area contributed by atoms with Crippen molar-refractivity contribution in [3.05, 3.63) is 42.2 Å². The highest BCUT2D eigenvalue weighted by molar-refractivity contribution is 6.22. The molecule has 2 amide bonds. The Kier molecular flexibility index (Phi) is 2.03. The molecule has 1 aromatic carbocycles. The van der Waals surface area contributed by atoms with E-state index in [1.807, 2.05) is 0 Å². The van der Waals surface area contributed by atoms with Crippen molar-refractivity contribution in [3.8, 4) is 0 Å². The third-order valence-corrected chi connectivity index (χ3v) is 4.56. The van der Waals surface area contributed by atoms with Gasteiger partial charge in [-0.05, 0) is 42.5 Å². The zero-order valence-electron chi connectivity index (χ0n) is 10.1. The molecular formula is C15H12FNO2. The zero-order chi connectivity index (χ0) is 13.1. The summed E-state index contributed by atoms with van der Waals surface area (Å²) in [6, 6.07) is 5.52. The molecule has 4 rings (SSSR count). The van der Waals surface area contributed by atoms with Crippen molar-refractivity contribution in [2.45, 2.75) is 6.42 Å². The molecule has 2 aliphatic carbocycles. The summed E-state index contributed by atoms with van der Waals surface area (Å²) in [7, 11) is 0. The number of rotatable bonds is 1. The van der Waals surface area contributed by atoms with Crippen LogP contribution in [0.1, 0.15) is 6.42 Å². The van der Waals surface area contributed by atoms with Crippen LogP contribution in [-0.2, 0) is 9.59 Å². The molecule has 1 heterocycles. The summed E-state index contributed by atoms with van der Waals surface area (Å²) in [5, 5.41) is 0. The molecule has 2 fully saturated rings. The Labute approximate surface area is 109 Å². The second-order valence-electron chi connectivity index (χ2n) is 5.49. The highest BCUT2D eigenvalue weighted by Crippen LogP contribution is 2.53. The van der Waals surface area contributed by atoms with E-state index in [2.05, 4.69) is 12.2 Å². The van der Waals surface area contributed by atoms with Crippen LogP contribution >= 0.6 is 0 Å². The molecule has 0 aromatic heterocycles. The standard InChI is InChI=1S/C15H12FNO2/c16-10-3-5-11(6-4-10)17-14(18)12-8-1-2-9(7-8)13(12)15(17)19/h1-6,8-9,12-13H,7H2. The van der Waals surface area contributed by atoms with Gasteiger partial charge in [0.05, 0.1) is 17.5 Å². The number of anilines is 1. The highest BCUT2D eigenvalue weighted by Gasteiger charge is 2.59. The predicted octanol–water partition coefficient (Wildman–Crippen LogP) is 2.14. The quantitative estimate of drug-likeness (QED) is 0.571. The molecule has 0 radical (unpaired) electrons. The topological polar surface area (TPSA) is 37.4 Å². The number of carbonyl (C=O) groups excluding carboxylic acids is 2. The van der Waals surface area contributed by atoms with Crippen LogP contribution in [0.15, 0.2) is 36.4 Å². The fourth-order valence-electron chi connectivity index (χ4n) is 3.75. The van der Waals surface area contributed by atoms with E-state index in [9.17, 15) is 14.0 Å². The van der Waals surface area contributed by atoms with Crippen LogP contribution in [0.5, 0.6) is 0 Å². The van der Waals surface area contributed by atoms with Crippen LogP contribution < -0.4 is 4.90 Å². The molecule has 1 aliphatic heterocycles. The van der Waals surface area contributed by atoms with Gasteiger partial charge in [0.2, 0.25) is 11.8 Å². The normalized spacial score (nSPS) is 35.3. The molecule has 19 heavy (non-hydrogen) atoms. The maximum absolute atomic E-state index is 12.9. The van der Waals surface area contributed by atoms with Crippen molar-refractivity contribution in [1.82, 2.24) is 0 Å². The first kappa shape index (κ1) is 10.9. The first-order chi connectivity index (χ1) is 9.16. The van der Waals surface area contributed by atoms with Crippen LogP contribution in [0.4, 0.5) is 10.1 Å². The molecule has 2 bridgehead atoms. The molecule has 4 unspecified atom stereocenters. The largest absolute Gasteiger partial charge is 0.274 e. The molecule has 0 spiro atoms. The average molecular weight is 257 g/mol. The Bertz CT molecular complexity index is 577. The number of benzene rings is 1. The Morgan fingerprint density at radius 1 is 0.947 bits per heavy atom. The lowest BCUT2D eigenvalue weighted by atomic mass is 9.85. The molecule has 96 valence electrons. The van der Waals surface area contributed by atoms with Crippen molar-refractivity contribution in [1.29, 1.82) is 0 Å². The second-order valence-corrected chi connectivity index (χ2v) is 5.49. The average Bonchev–Trinajstić information content (AvgIpc) is 3.06. The number of halogens is 1. The first-order valence-electron chi connectivity index (χ1n) is 6.48. The lowest BCUT2D eigenvalue weighted by Gasteiger charge is -2.17. The van der Waals surface area contributed by atoms with Gasteiger partial charge in [0, 0.05) is 0 Å². The van der Waals surface area contributed by atoms with E-state index in [0.29, 0.717) is 5.69 Å². The van der Waals surface area contributed by atoms with Gasteiger partial charge in [0.1, 0.15) is 5.82 Å². The van der Waals surface area contributed by atoms with Gasteiger partial charge in [-0.1, -0.05) is 12.2 Å². The summed E-state index contributed by atoms with van der Waals surface area (Å²) >= 11 is 0. The SMILES string of the molecule is O=C1C2C3C=CC(C3)C2C(=O)N1c1ccc(F)cc1. The number of hydrogen-bond donors (Lipinski definition) is 0. The van der Waals surface area contributed by atoms with Crippen LogP contribution in [-0.4, -0.2) is 11.8 Å². The monoisotopic (exact) mass is 257 g/mol. The fraction of sp³-hybridized carbons (Fsp3) is 0.333. The first-order valence-corrected chi connectivity index (χ1v) is 6.48. The van der Waals surface area contributed by atoms with Crippen LogP contribution in [0.2, 0.25) is 0 Å². The Morgan fingerprint density at radius 3 is 2.00 bits per heavy atom. The maximum Gasteiger partial charge on any atom is 0.238 e. The van der Waals surface area contributed by atoms with E-state index in [0.717, 1.165) is 6.42 Å². The van der Waals surface area contributed by atoms with E-state index >= 15 is 0 Å². The van der Waals surface area contributed by atoms with Gasteiger partial charge in [-0.15, -0.1) is 0 Å². The van der Waals surface area contributed by atoms with Gasteiger partial charge in [-0.3, -0.25) is 14.5 Å². The third kappa shape index (κ3) is 1.31. The zero-order valence-corrected chi connectivity index (χ0v) is 10.1. The fourth-order valence-corrected chi connectivity index (χ4v) is 3.75. The third-order valence-electron chi connectivity index (χ3n) is 4.56. The second kappa shape index (κ2) is 3.53. The summed E-state index contributed by atoms with van der Waals surface area (Å²) in [4.78, 5) is 26.1. The molecule has 1 aromatic rings. The summed E-state index contributed by atoms with van der Waals surface area (Å²) in [6.45, 7) is 0. The van der Waals surface area contributed by atoms with Gasteiger partial charge in [-0.25, -0.2) is 4.39 Å². The number of hydrogen-bond acceptors (Lipinski definition) is 2. The van der Waals surface area contributed by atoms with Crippen LogP contribution in [0.25, 0.3) is 0 Å². The van der Waals surface area contributed by atoms with E-state index in [1.54, 1.807) is 0 Å².